The first kappa shape index (κ1) is 13.6. The Bertz CT molecular complexity index is 529. The molecule has 0 fully saturated rings. The second kappa shape index (κ2) is 5.44. The number of aryl methyl sites for hydroxylation is 1. The van der Waals surface area contributed by atoms with E-state index in [-0.39, 0.29) is 0 Å². The maximum absolute atomic E-state index is 12.4. The highest BCUT2D eigenvalue weighted by Gasteiger charge is 2.29. The minimum atomic E-state index is -4.28. The second-order valence-corrected chi connectivity index (χ2v) is 4.28. The highest BCUT2D eigenvalue weighted by atomic mass is 19.4. The molecular weight excluding hydrogens is 255 g/mol. The summed E-state index contributed by atoms with van der Waals surface area (Å²) in [5.74, 6) is 0. The Morgan fingerprint density at radius 2 is 1.79 bits per heavy atom. The fraction of sp³-hybridized carbons (Fsp3) is 0.308. The average Bonchev–Trinajstić information content (AvgIpc) is 2.75. The van der Waals surface area contributed by atoms with E-state index >= 15 is 0 Å². The number of hydrogen-bond acceptors (Lipinski definition) is 2. The smallest absolute Gasteiger partial charge is 0.307 e. The van der Waals surface area contributed by atoms with Gasteiger partial charge in [-0.1, -0.05) is 12.1 Å². The Morgan fingerprint density at radius 3 is 2.32 bits per heavy atom. The van der Waals surface area contributed by atoms with Gasteiger partial charge in [0.2, 0.25) is 0 Å². The summed E-state index contributed by atoms with van der Waals surface area (Å²) in [6.45, 7) is 1.09. The van der Waals surface area contributed by atoms with Crippen molar-refractivity contribution in [1.29, 1.82) is 0 Å². The van der Waals surface area contributed by atoms with E-state index in [1.165, 1.54) is 12.1 Å². The summed E-state index contributed by atoms with van der Waals surface area (Å²) in [5, 5.41) is 7.33. The van der Waals surface area contributed by atoms with Crippen LogP contribution < -0.4 is 5.32 Å². The van der Waals surface area contributed by atoms with E-state index < -0.39 is 11.7 Å². The molecule has 0 aliphatic carbocycles. The highest BCUT2D eigenvalue weighted by molar-refractivity contribution is 5.24. The van der Waals surface area contributed by atoms with Gasteiger partial charge in [0.1, 0.15) is 0 Å². The highest BCUT2D eigenvalue weighted by Crippen LogP contribution is 2.28. The summed E-state index contributed by atoms with van der Waals surface area (Å²) in [4.78, 5) is 0. The summed E-state index contributed by atoms with van der Waals surface area (Å²) in [7, 11) is 1.83. The van der Waals surface area contributed by atoms with Crippen molar-refractivity contribution in [3.8, 4) is 0 Å². The van der Waals surface area contributed by atoms with Gasteiger partial charge in [-0.25, -0.2) is 0 Å². The summed E-state index contributed by atoms with van der Waals surface area (Å²) in [6, 6.07) is 7.04. The van der Waals surface area contributed by atoms with Gasteiger partial charge in [0.05, 0.1) is 11.3 Å². The molecule has 6 heteroatoms. The molecule has 0 bridgehead atoms. The standard InChI is InChI=1S/C13H14F3N3/c1-19-7-6-12(18-19)9-17-8-10-2-4-11(5-3-10)13(14,15)16/h2-7,17H,8-9H2,1H3. The van der Waals surface area contributed by atoms with Crippen LogP contribution in [0, 0.1) is 0 Å². The maximum Gasteiger partial charge on any atom is 0.416 e. The van der Waals surface area contributed by atoms with Crippen LogP contribution in [0.15, 0.2) is 36.5 Å². The van der Waals surface area contributed by atoms with Crippen LogP contribution in [-0.4, -0.2) is 9.78 Å². The zero-order valence-electron chi connectivity index (χ0n) is 10.4. The average molecular weight is 269 g/mol. The lowest BCUT2D eigenvalue weighted by Gasteiger charge is -2.08. The van der Waals surface area contributed by atoms with Crippen LogP contribution in [0.1, 0.15) is 16.8 Å². The van der Waals surface area contributed by atoms with Crippen molar-refractivity contribution in [3.05, 3.63) is 53.3 Å². The molecule has 0 saturated heterocycles. The molecule has 1 N–H and O–H groups in total. The molecule has 0 unspecified atom stereocenters. The summed E-state index contributed by atoms with van der Waals surface area (Å²) < 4.78 is 38.8. The Morgan fingerprint density at radius 1 is 1.11 bits per heavy atom. The van der Waals surface area contributed by atoms with Crippen molar-refractivity contribution in [2.75, 3.05) is 0 Å². The number of hydrogen-bond donors (Lipinski definition) is 1. The van der Waals surface area contributed by atoms with Crippen molar-refractivity contribution >= 4 is 0 Å². The number of benzene rings is 1. The van der Waals surface area contributed by atoms with Gasteiger partial charge < -0.3 is 5.32 Å². The number of aromatic nitrogens is 2. The predicted octanol–water partition coefficient (Wildman–Crippen LogP) is 2.73. The number of nitrogens with one attached hydrogen (secondary N) is 1. The van der Waals surface area contributed by atoms with Crippen molar-refractivity contribution in [3.63, 3.8) is 0 Å². The molecule has 1 aromatic carbocycles. The molecule has 19 heavy (non-hydrogen) atoms. The molecule has 0 atom stereocenters. The molecule has 0 radical (unpaired) electrons. The molecular formula is C13H14F3N3. The Kier molecular flexibility index (Phi) is 3.90. The Labute approximate surface area is 109 Å². The van der Waals surface area contributed by atoms with E-state index in [2.05, 4.69) is 10.4 Å². The number of alkyl halides is 3. The fourth-order valence-electron chi connectivity index (χ4n) is 1.70. The molecule has 1 heterocycles. The van der Waals surface area contributed by atoms with Crippen molar-refractivity contribution < 1.29 is 13.2 Å². The molecule has 0 aliphatic rings. The number of nitrogens with zero attached hydrogens (tertiary/aromatic N) is 2. The topological polar surface area (TPSA) is 29.9 Å². The third-order valence-corrected chi connectivity index (χ3v) is 2.69. The largest absolute Gasteiger partial charge is 0.416 e. The molecule has 3 nitrogen and oxygen atoms in total. The molecule has 0 amide bonds. The van der Waals surface area contributed by atoms with Gasteiger partial charge in [-0.05, 0) is 23.8 Å². The number of halogens is 3. The zero-order chi connectivity index (χ0) is 13.9. The predicted molar refractivity (Wildman–Crippen MR) is 65.2 cm³/mol. The van der Waals surface area contributed by atoms with Gasteiger partial charge in [0, 0.05) is 26.3 Å². The first-order valence-corrected chi connectivity index (χ1v) is 5.80. The maximum atomic E-state index is 12.4. The Hall–Kier alpha value is -1.82. The number of rotatable bonds is 4. The molecule has 1 aromatic heterocycles. The van der Waals surface area contributed by atoms with Crippen molar-refractivity contribution in [2.24, 2.45) is 7.05 Å². The van der Waals surface area contributed by atoms with Gasteiger partial charge in [-0.15, -0.1) is 0 Å². The molecule has 0 spiro atoms. The zero-order valence-corrected chi connectivity index (χ0v) is 10.4. The SMILES string of the molecule is Cn1ccc(CNCc2ccc(C(F)(F)F)cc2)n1. The fourth-order valence-corrected chi connectivity index (χ4v) is 1.70. The Balaban J connectivity index is 1.86. The van der Waals surface area contributed by atoms with E-state index in [4.69, 9.17) is 0 Å². The normalized spacial score (nSPS) is 11.8. The van der Waals surface area contributed by atoms with Gasteiger partial charge >= 0.3 is 6.18 Å². The molecule has 0 saturated carbocycles. The van der Waals surface area contributed by atoms with E-state index in [1.54, 1.807) is 4.68 Å². The van der Waals surface area contributed by atoms with Gasteiger partial charge in [-0.2, -0.15) is 18.3 Å². The van der Waals surface area contributed by atoms with Crippen LogP contribution in [0.2, 0.25) is 0 Å². The summed E-state index contributed by atoms with van der Waals surface area (Å²) in [5.41, 5.74) is 1.08. The lowest BCUT2D eigenvalue weighted by atomic mass is 10.1. The van der Waals surface area contributed by atoms with E-state index in [0.717, 1.165) is 23.4 Å². The monoisotopic (exact) mass is 269 g/mol. The van der Waals surface area contributed by atoms with Crippen LogP contribution in [0.4, 0.5) is 13.2 Å². The van der Waals surface area contributed by atoms with Gasteiger partial charge in [0.15, 0.2) is 0 Å². The van der Waals surface area contributed by atoms with E-state index in [9.17, 15) is 13.2 Å². The van der Waals surface area contributed by atoms with Gasteiger partial charge in [-0.3, -0.25) is 4.68 Å². The lowest BCUT2D eigenvalue weighted by Crippen LogP contribution is -2.13. The quantitative estimate of drug-likeness (QED) is 0.925. The second-order valence-electron chi connectivity index (χ2n) is 4.28. The minimum absolute atomic E-state index is 0.509. The first-order valence-electron chi connectivity index (χ1n) is 5.80. The van der Waals surface area contributed by atoms with Crippen molar-refractivity contribution in [2.45, 2.75) is 19.3 Å². The molecule has 2 rings (SSSR count). The lowest BCUT2D eigenvalue weighted by molar-refractivity contribution is -0.137. The van der Waals surface area contributed by atoms with Crippen LogP contribution >= 0.6 is 0 Å². The first-order chi connectivity index (χ1) is 8.95. The molecule has 0 aliphatic heterocycles. The van der Waals surface area contributed by atoms with Gasteiger partial charge in [0.25, 0.3) is 0 Å². The van der Waals surface area contributed by atoms with Crippen LogP contribution in [0.5, 0.6) is 0 Å². The molecule has 102 valence electrons. The van der Waals surface area contributed by atoms with E-state index in [1.807, 2.05) is 19.3 Å². The summed E-state index contributed by atoms with van der Waals surface area (Å²) in [6.07, 6.45) is -2.44. The molecule has 2 aromatic rings. The van der Waals surface area contributed by atoms with Crippen molar-refractivity contribution in [1.82, 2.24) is 15.1 Å². The summed E-state index contributed by atoms with van der Waals surface area (Å²) >= 11 is 0. The van der Waals surface area contributed by atoms with Crippen LogP contribution in [-0.2, 0) is 26.3 Å². The van der Waals surface area contributed by atoms with E-state index in [0.29, 0.717) is 13.1 Å². The third kappa shape index (κ3) is 3.82. The van der Waals surface area contributed by atoms with Crippen LogP contribution in [0.3, 0.4) is 0 Å². The third-order valence-electron chi connectivity index (χ3n) is 2.69. The van der Waals surface area contributed by atoms with Crippen LogP contribution in [0.25, 0.3) is 0 Å². The minimum Gasteiger partial charge on any atom is -0.307 e.